The summed E-state index contributed by atoms with van der Waals surface area (Å²) < 4.78 is 17.2. The Hall–Kier alpha value is -3.81. The van der Waals surface area contributed by atoms with E-state index in [1.807, 2.05) is 42.0 Å². The van der Waals surface area contributed by atoms with Crippen LogP contribution in [0.25, 0.3) is 16.9 Å². The number of likely N-dealkylation sites (N-methyl/N-ethyl adjacent to an activating group) is 2. The Kier molecular flexibility index (Phi) is 3.86. The first-order valence-corrected chi connectivity index (χ1v) is 9.50. The van der Waals surface area contributed by atoms with Crippen molar-refractivity contribution in [3.63, 3.8) is 0 Å². The number of urea groups is 1. The second kappa shape index (κ2) is 6.35. The molecule has 1 atom stereocenters. The number of carbonyl (C=O) groups is 2. The van der Waals surface area contributed by atoms with Crippen molar-refractivity contribution in [1.82, 2.24) is 14.4 Å². The third-order valence-electron chi connectivity index (χ3n) is 5.55. The lowest BCUT2D eigenvalue weighted by Gasteiger charge is -2.30. The van der Waals surface area contributed by atoms with Gasteiger partial charge in [0.15, 0.2) is 0 Å². The summed E-state index contributed by atoms with van der Waals surface area (Å²) in [7, 11) is 3.08. The molecule has 1 unspecified atom stereocenters. The summed E-state index contributed by atoms with van der Waals surface area (Å²) in [5.41, 5.74) is 3.49. The van der Waals surface area contributed by atoms with Crippen LogP contribution in [0.2, 0.25) is 0 Å². The highest BCUT2D eigenvalue weighted by Gasteiger charge is 2.52. The van der Waals surface area contributed by atoms with Crippen molar-refractivity contribution < 1.29 is 18.5 Å². The third kappa shape index (κ3) is 2.50. The monoisotopic (exact) mass is 404 g/mol. The molecule has 7 nitrogen and oxygen atoms in total. The van der Waals surface area contributed by atoms with Crippen molar-refractivity contribution in [2.45, 2.75) is 13.0 Å². The van der Waals surface area contributed by atoms with Gasteiger partial charge in [0.2, 0.25) is 11.9 Å². The van der Waals surface area contributed by atoms with Crippen molar-refractivity contribution in [3.05, 3.63) is 66.1 Å². The average molecular weight is 404 g/mol. The maximum atomic E-state index is 13.5. The molecule has 0 radical (unpaired) electrons. The van der Waals surface area contributed by atoms with Crippen LogP contribution in [0.5, 0.6) is 0 Å². The summed E-state index contributed by atoms with van der Waals surface area (Å²) in [4.78, 5) is 32.5. The van der Waals surface area contributed by atoms with Gasteiger partial charge in [-0.1, -0.05) is 17.1 Å². The molecule has 0 aliphatic carbocycles. The van der Waals surface area contributed by atoms with Crippen LogP contribution in [0.15, 0.2) is 59.7 Å². The molecule has 1 saturated heterocycles. The number of hydrogen-bond donors (Lipinski definition) is 0. The molecule has 3 aromatic rings. The van der Waals surface area contributed by atoms with Gasteiger partial charge in [0.1, 0.15) is 23.4 Å². The highest BCUT2D eigenvalue weighted by molar-refractivity contribution is 6.18. The van der Waals surface area contributed by atoms with Gasteiger partial charge in [0.05, 0.1) is 0 Å². The summed E-state index contributed by atoms with van der Waals surface area (Å²) in [5.74, 6) is 0.262. The molecule has 0 saturated carbocycles. The molecule has 0 N–H and O–H groups in total. The number of hydrogen-bond acceptors (Lipinski definition) is 3. The van der Waals surface area contributed by atoms with Crippen LogP contribution in [-0.4, -0.2) is 46.2 Å². The third-order valence-corrected chi connectivity index (χ3v) is 5.55. The first-order chi connectivity index (χ1) is 14.4. The van der Waals surface area contributed by atoms with Crippen molar-refractivity contribution in [2.24, 2.45) is 4.99 Å². The molecule has 0 bridgehead atoms. The van der Waals surface area contributed by atoms with E-state index in [2.05, 4.69) is 4.99 Å². The number of nitrogens with zero attached hydrogens (tertiary/aromatic N) is 5. The summed E-state index contributed by atoms with van der Waals surface area (Å²) >= 11 is 0. The predicted molar refractivity (Wildman–Crippen MR) is 108 cm³/mol. The molecule has 3 amide bonds. The van der Waals surface area contributed by atoms with E-state index in [-0.39, 0.29) is 11.7 Å². The van der Waals surface area contributed by atoms with Crippen molar-refractivity contribution in [3.8, 4) is 16.9 Å². The Bertz CT molecular complexity index is 1240. The zero-order valence-corrected chi connectivity index (χ0v) is 16.7. The second-order valence-corrected chi connectivity index (χ2v) is 7.51. The van der Waals surface area contributed by atoms with E-state index in [4.69, 9.17) is 0 Å². The smallest absolute Gasteiger partial charge is 0.270 e. The molecule has 2 aliphatic heterocycles. The van der Waals surface area contributed by atoms with Gasteiger partial charge in [0.25, 0.3) is 5.91 Å². The number of carbonyl (C=O) groups excluding carboxylic acids is 2. The second-order valence-electron chi connectivity index (χ2n) is 7.51. The molecule has 30 heavy (non-hydrogen) atoms. The molecule has 5 rings (SSSR count). The molecule has 2 aliphatic rings. The van der Waals surface area contributed by atoms with Crippen molar-refractivity contribution in [2.75, 3.05) is 14.1 Å². The highest BCUT2D eigenvalue weighted by Crippen LogP contribution is 2.34. The van der Waals surface area contributed by atoms with Crippen LogP contribution in [0.4, 0.5) is 15.1 Å². The number of halogens is 1. The zero-order chi connectivity index (χ0) is 21.2. The normalized spacial score (nSPS) is 17.9. The van der Waals surface area contributed by atoms with Gasteiger partial charge in [-0.2, -0.15) is 4.57 Å². The van der Waals surface area contributed by atoms with Crippen LogP contribution in [0, 0.1) is 12.7 Å². The number of aliphatic imine (C=N–C) groups is 1. The lowest BCUT2D eigenvalue weighted by atomic mass is 10.1. The van der Waals surface area contributed by atoms with Crippen LogP contribution < -0.4 is 4.57 Å². The molecule has 150 valence electrons. The minimum absolute atomic E-state index is 0.322. The van der Waals surface area contributed by atoms with Gasteiger partial charge in [0, 0.05) is 19.7 Å². The molecule has 1 aromatic heterocycles. The Morgan fingerprint density at radius 2 is 1.77 bits per heavy atom. The van der Waals surface area contributed by atoms with Gasteiger partial charge in [-0.05, 0) is 48.9 Å². The summed E-state index contributed by atoms with van der Waals surface area (Å²) in [6, 6.07) is 13.0. The van der Waals surface area contributed by atoms with Crippen LogP contribution in [-0.2, 0) is 4.79 Å². The number of rotatable bonds is 2. The minimum atomic E-state index is -0.724. The van der Waals surface area contributed by atoms with Gasteiger partial charge in [-0.15, -0.1) is 0 Å². The lowest BCUT2D eigenvalue weighted by molar-refractivity contribution is -0.676. The van der Waals surface area contributed by atoms with E-state index in [1.165, 1.54) is 24.1 Å². The van der Waals surface area contributed by atoms with Crippen LogP contribution in [0.1, 0.15) is 11.6 Å². The van der Waals surface area contributed by atoms with Gasteiger partial charge in [-0.3, -0.25) is 14.6 Å². The Balaban J connectivity index is 1.78. The summed E-state index contributed by atoms with van der Waals surface area (Å²) in [5, 5.41) is 0. The number of aryl methyl sites for hydroxylation is 1. The molecule has 0 spiro atoms. The van der Waals surface area contributed by atoms with Crippen molar-refractivity contribution >= 4 is 23.7 Å². The van der Waals surface area contributed by atoms with E-state index >= 15 is 0 Å². The average Bonchev–Trinajstić information content (AvgIpc) is 3.27. The predicted octanol–water partition coefficient (Wildman–Crippen LogP) is 2.99. The minimum Gasteiger partial charge on any atom is -0.270 e. The lowest BCUT2D eigenvalue weighted by Crippen LogP contribution is -2.61. The van der Waals surface area contributed by atoms with Crippen LogP contribution in [0.3, 0.4) is 0 Å². The zero-order valence-electron chi connectivity index (χ0n) is 16.7. The van der Waals surface area contributed by atoms with E-state index in [0.717, 1.165) is 27.4 Å². The number of amides is 3. The summed E-state index contributed by atoms with van der Waals surface area (Å²) in [6.45, 7) is 1.99. The largest absolute Gasteiger partial charge is 0.407 e. The topological polar surface area (TPSA) is 61.8 Å². The van der Waals surface area contributed by atoms with E-state index < -0.39 is 12.1 Å². The first kappa shape index (κ1) is 18.2. The summed E-state index contributed by atoms with van der Waals surface area (Å²) in [6.07, 6.45) is 1.83. The van der Waals surface area contributed by atoms with E-state index in [0.29, 0.717) is 11.8 Å². The van der Waals surface area contributed by atoms with Crippen LogP contribution >= 0.6 is 0 Å². The Morgan fingerprint density at radius 1 is 1.03 bits per heavy atom. The Labute approximate surface area is 172 Å². The number of aromatic nitrogens is 2. The number of fused-ring (bicyclic) bond motifs is 3. The molecule has 3 heterocycles. The number of imide groups is 1. The van der Waals surface area contributed by atoms with E-state index in [9.17, 15) is 14.0 Å². The fraction of sp³-hybridized carbons (Fsp3) is 0.182. The standard InChI is InChI=1S/C22H19FN5O2/c1-13-5-4-6-16(11-13)28-17(14-7-9-15(23)10-8-14)12-27-18-19(24-21(27)28)25(2)22(30)26(3)20(18)29/h4-12,18H,1-3H3/q+1. The molecule has 2 aromatic carbocycles. The molecular weight excluding hydrogens is 385 g/mol. The van der Waals surface area contributed by atoms with Crippen molar-refractivity contribution in [1.29, 1.82) is 0 Å². The number of benzene rings is 2. The quantitative estimate of drug-likeness (QED) is 0.617. The SMILES string of the molecule is Cc1cccc(-n2c(-c3ccc(F)cc3)c[n+]3c2N=C2C3C(=O)N(C)C(=O)N2C)c1. The first-order valence-electron chi connectivity index (χ1n) is 9.50. The van der Waals surface area contributed by atoms with E-state index in [1.54, 1.807) is 23.7 Å². The molecular formula is C22H19FN5O2+. The fourth-order valence-electron chi connectivity index (χ4n) is 3.99. The van der Waals surface area contributed by atoms with Gasteiger partial charge < -0.3 is 0 Å². The Morgan fingerprint density at radius 3 is 2.47 bits per heavy atom. The fourth-order valence-corrected chi connectivity index (χ4v) is 3.99. The van der Waals surface area contributed by atoms with Gasteiger partial charge in [-0.25, -0.2) is 13.8 Å². The maximum absolute atomic E-state index is 13.5. The molecule has 1 fully saturated rings. The molecule has 8 heteroatoms. The highest BCUT2D eigenvalue weighted by atomic mass is 19.1. The van der Waals surface area contributed by atoms with Gasteiger partial charge >= 0.3 is 12.0 Å². The maximum Gasteiger partial charge on any atom is 0.407 e. The number of amidine groups is 1. The number of imidazole rings is 1.